The van der Waals surface area contributed by atoms with Crippen LogP contribution in [0, 0.1) is 0 Å². The maximum atomic E-state index is 4.37. The molecule has 0 saturated carbocycles. The zero-order chi connectivity index (χ0) is 19.6. The number of rotatable bonds is 8. The van der Waals surface area contributed by atoms with Gasteiger partial charge < -0.3 is 15.2 Å². The fraction of sp³-hybridized carbons (Fsp3) is 0.545. The van der Waals surface area contributed by atoms with Gasteiger partial charge in [-0.1, -0.05) is 37.6 Å². The van der Waals surface area contributed by atoms with Gasteiger partial charge in [-0.3, -0.25) is 9.89 Å². The van der Waals surface area contributed by atoms with Crippen molar-refractivity contribution in [1.29, 1.82) is 0 Å². The molecule has 152 valence electrons. The highest BCUT2D eigenvalue weighted by Gasteiger charge is 2.19. The third-order valence-electron chi connectivity index (χ3n) is 5.51. The fourth-order valence-corrected chi connectivity index (χ4v) is 3.97. The van der Waals surface area contributed by atoms with Crippen molar-refractivity contribution in [2.45, 2.75) is 51.7 Å². The van der Waals surface area contributed by atoms with E-state index in [0.29, 0.717) is 0 Å². The average molecular weight is 383 g/mol. The summed E-state index contributed by atoms with van der Waals surface area (Å²) in [5, 5.41) is 6.90. The normalized spacial score (nSPS) is 18.2. The smallest absolute Gasteiger partial charge is 0.191 e. The summed E-state index contributed by atoms with van der Waals surface area (Å²) in [6.45, 7) is 7.15. The Balaban J connectivity index is 1.43. The first-order valence-electron chi connectivity index (χ1n) is 10.5. The molecule has 6 heteroatoms. The Morgan fingerprint density at radius 1 is 1.25 bits per heavy atom. The molecule has 0 spiro atoms. The van der Waals surface area contributed by atoms with Crippen LogP contribution >= 0.6 is 0 Å². The second-order valence-electron chi connectivity index (χ2n) is 7.50. The molecule has 6 nitrogen and oxygen atoms in total. The molecule has 0 bridgehead atoms. The molecule has 3 rings (SSSR count). The van der Waals surface area contributed by atoms with Crippen molar-refractivity contribution in [3.8, 4) is 0 Å². The quantitative estimate of drug-likeness (QED) is 0.544. The van der Waals surface area contributed by atoms with Crippen LogP contribution in [0.2, 0.25) is 0 Å². The van der Waals surface area contributed by atoms with Gasteiger partial charge in [0, 0.05) is 51.7 Å². The van der Waals surface area contributed by atoms with E-state index in [9.17, 15) is 0 Å². The molecular formula is C22H34N6. The van der Waals surface area contributed by atoms with E-state index in [2.05, 4.69) is 61.3 Å². The Kier molecular flexibility index (Phi) is 7.91. The van der Waals surface area contributed by atoms with Crippen LogP contribution in [0.25, 0.3) is 0 Å². The molecule has 1 aliphatic heterocycles. The van der Waals surface area contributed by atoms with Gasteiger partial charge in [0.25, 0.3) is 0 Å². The monoisotopic (exact) mass is 382 g/mol. The Bertz CT molecular complexity index is 724. The SMILES string of the molecule is CCC1CCCCN1CCNC(=NC)NCc1cccc(Cn2ccnc2)c1. The number of nitrogens with one attached hydrogen (secondary N) is 2. The third kappa shape index (κ3) is 6.09. The molecule has 1 aromatic carbocycles. The summed E-state index contributed by atoms with van der Waals surface area (Å²) >= 11 is 0. The second-order valence-corrected chi connectivity index (χ2v) is 7.50. The number of nitrogens with zero attached hydrogens (tertiary/aromatic N) is 4. The van der Waals surface area contributed by atoms with Crippen LogP contribution in [0.5, 0.6) is 0 Å². The van der Waals surface area contributed by atoms with Crippen LogP contribution in [0.3, 0.4) is 0 Å². The number of hydrogen-bond acceptors (Lipinski definition) is 3. The molecule has 2 heterocycles. The second kappa shape index (κ2) is 10.9. The number of aliphatic imine (C=N–C) groups is 1. The van der Waals surface area contributed by atoms with E-state index < -0.39 is 0 Å². The first kappa shape index (κ1) is 20.4. The summed E-state index contributed by atoms with van der Waals surface area (Å²) in [5.41, 5.74) is 2.53. The highest BCUT2D eigenvalue weighted by atomic mass is 15.2. The highest BCUT2D eigenvalue weighted by molar-refractivity contribution is 5.79. The molecule has 0 aliphatic carbocycles. The van der Waals surface area contributed by atoms with Gasteiger partial charge in [-0.05, 0) is 36.9 Å². The fourth-order valence-electron chi connectivity index (χ4n) is 3.97. The molecule has 28 heavy (non-hydrogen) atoms. The van der Waals surface area contributed by atoms with Crippen molar-refractivity contribution in [3.05, 3.63) is 54.1 Å². The number of hydrogen-bond donors (Lipinski definition) is 2. The van der Waals surface area contributed by atoms with Crippen LogP contribution in [0.1, 0.15) is 43.7 Å². The van der Waals surface area contributed by atoms with Crippen LogP contribution in [0.4, 0.5) is 0 Å². The molecule has 0 amide bonds. The van der Waals surface area contributed by atoms with Crippen molar-refractivity contribution in [1.82, 2.24) is 25.1 Å². The largest absolute Gasteiger partial charge is 0.355 e. The van der Waals surface area contributed by atoms with Crippen molar-refractivity contribution < 1.29 is 0 Å². The van der Waals surface area contributed by atoms with Gasteiger partial charge in [0.15, 0.2) is 5.96 Å². The van der Waals surface area contributed by atoms with Crippen LogP contribution in [0.15, 0.2) is 48.0 Å². The standard InChI is InChI=1S/C22H34N6/c1-3-21-9-4-5-12-28(21)14-11-25-22(23-2)26-16-19-7-6-8-20(15-19)17-27-13-10-24-18-27/h6-8,10,13,15,18,21H,3-5,9,11-12,14,16-17H2,1-2H3,(H2,23,25,26). The lowest BCUT2D eigenvalue weighted by molar-refractivity contribution is 0.147. The summed E-state index contributed by atoms with van der Waals surface area (Å²) in [4.78, 5) is 11.1. The molecule has 1 unspecified atom stereocenters. The number of likely N-dealkylation sites (tertiary alicyclic amines) is 1. The van der Waals surface area contributed by atoms with Gasteiger partial charge in [0.2, 0.25) is 0 Å². The van der Waals surface area contributed by atoms with Crippen LogP contribution in [-0.2, 0) is 13.1 Å². The molecule has 1 saturated heterocycles. The molecule has 1 fully saturated rings. The first-order valence-corrected chi connectivity index (χ1v) is 10.5. The lowest BCUT2D eigenvalue weighted by Crippen LogP contribution is -2.45. The van der Waals surface area contributed by atoms with E-state index >= 15 is 0 Å². The summed E-state index contributed by atoms with van der Waals surface area (Å²) < 4.78 is 2.08. The van der Waals surface area contributed by atoms with Gasteiger partial charge in [-0.25, -0.2) is 4.98 Å². The molecule has 1 atom stereocenters. The van der Waals surface area contributed by atoms with Crippen LogP contribution in [-0.4, -0.2) is 53.1 Å². The topological polar surface area (TPSA) is 57.5 Å². The number of guanidine groups is 1. The molecule has 1 aliphatic rings. The number of imidazole rings is 1. The van der Waals surface area contributed by atoms with Gasteiger partial charge >= 0.3 is 0 Å². The molecular weight excluding hydrogens is 348 g/mol. The van der Waals surface area contributed by atoms with E-state index in [4.69, 9.17) is 0 Å². The highest BCUT2D eigenvalue weighted by Crippen LogP contribution is 2.18. The summed E-state index contributed by atoms with van der Waals surface area (Å²) in [5.74, 6) is 0.866. The lowest BCUT2D eigenvalue weighted by atomic mass is 10.0. The average Bonchev–Trinajstić information content (AvgIpc) is 3.24. The maximum absolute atomic E-state index is 4.37. The summed E-state index contributed by atoms with van der Waals surface area (Å²) in [6, 6.07) is 9.40. The first-order chi connectivity index (χ1) is 13.8. The van der Waals surface area contributed by atoms with Gasteiger partial charge in [-0.15, -0.1) is 0 Å². The molecule has 0 radical (unpaired) electrons. The van der Waals surface area contributed by atoms with E-state index in [-0.39, 0.29) is 0 Å². The maximum Gasteiger partial charge on any atom is 0.191 e. The zero-order valence-corrected chi connectivity index (χ0v) is 17.3. The zero-order valence-electron chi connectivity index (χ0n) is 17.3. The van der Waals surface area contributed by atoms with Gasteiger partial charge in [-0.2, -0.15) is 0 Å². The van der Waals surface area contributed by atoms with E-state index in [0.717, 1.165) is 38.2 Å². The van der Waals surface area contributed by atoms with E-state index in [1.165, 1.54) is 43.4 Å². The Morgan fingerprint density at radius 3 is 2.93 bits per heavy atom. The van der Waals surface area contributed by atoms with Crippen molar-refractivity contribution in [2.24, 2.45) is 4.99 Å². The lowest BCUT2D eigenvalue weighted by Gasteiger charge is -2.35. The number of piperidine rings is 1. The Morgan fingerprint density at radius 2 is 2.14 bits per heavy atom. The van der Waals surface area contributed by atoms with Gasteiger partial charge in [0.05, 0.1) is 6.33 Å². The van der Waals surface area contributed by atoms with E-state index in [1.807, 2.05) is 25.8 Å². The number of benzene rings is 1. The predicted octanol–water partition coefficient (Wildman–Crippen LogP) is 2.86. The number of aromatic nitrogens is 2. The van der Waals surface area contributed by atoms with Crippen molar-refractivity contribution in [3.63, 3.8) is 0 Å². The minimum Gasteiger partial charge on any atom is -0.355 e. The Labute approximate surface area is 169 Å². The molecule has 2 aromatic rings. The Hall–Kier alpha value is -2.34. The summed E-state index contributed by atoms with van der Waals surface area (Å²) in [7, 11) is 1.83. The van der Waals surface area contributed by atoms with Crippen LogP contribution < -0.4 is 10.6 Å². The molecule has 1 aromatic heterocycles. The van der Waals surface area contributed by atoms with Crippen molar-refractivity contribution in [2.75, 3.05) is 26.7 Å². The van der Waals surface area contributed by atoms with E-state index in [1.54, 1.807) is 0 Å². The molecule has 2 N–H and O–H groups in total. The minimum absolute atomic E-state index is 0.753. The van der Waals surface area contributed by atoms with Crippen molar-refractivity contribution >= 4 is 5.96 Å². The third-order valence-corrected chi connectivity index (χ3v) is 5.51. The van der Waals surface area contributed by atoms with Gasteiger partial charge in [0.1, 0.15) is 0 Å². The minimum atomic E-state index is 0.753. The predicted molar refractivity (Wildman–Crippen MR) is 115 cm³/mol. The summed E-state index contributed by atoms with van der Waals surface area (Å²) in [6.07, 6.45) is 11.0.